The highest BCUT2D eigenvalue weighted by atomic mass is 19.1. The average Bonchev–Trinajstić information content (AvgIpc) is 2.47. The van der Waals surface area contributed by atoms with Gasteiger partial charge in [-0.3, -0.25) is 0 Å². The third kappa shape index (κ3) is 4.62. The highest BCUT2D eigenvalue weighted by molar-refractivity contribution is 5.46. The third-order valence-electron chi connectivity index (χ3n) is 2.88. The van der Waals surface area contributed by atoms with E-state index in [2.05, 4.69) is 11.8 Å². The number of rotatable bonds is 4. The summed E-state index contributed by atoms with van der Waals surface area (Å²) in [5.41, 5.74) is 2.71. The molecule has 0 saturated carbocycles. The molecule has 0 fully saturated rings. The minimum atomic E-state index is -0.355. The summed E-state index contributed by atoms with van der Waals surface area (Å²) in [7, 11) is 0. The van der Waals surface area contributed by atoms with Gasteiger partial charge in [-0.05, 0) is 30.7 Å². The molecule has 2 aromatic carbocycles. The quantitative estimate of drug-likeness (QED) is 0.871. The van der Waals surface area contributed by atoms with Gasteiger partial charge in [0.2, 0.25) is 0 Å². The summed E-state index contributed by atoms with van der Waals surface area (Å²) in [6.45, 7) is 2.41. The number of aliphatic hydroxyl groups is 1. The molecule has 0 bridgehead atoms. The summed E-state index contributed by atoms with van der Waals surface area (Å²) in [4.78, 5) is 0. The van der Waals surface area contributed by atoms with Crippen molar-refractivity contribution in [3.05, 3.63) is 65.0 Å². The van der Waals surface area contributed by atoms with E-state index in [-0.39, 0.29) is 12.4 Å². The topological polar surface area (TPSA) is 29.5 Å². The maximum Gasteiger partial charge on any atom is 0.135 e. The van der Waals surface area contributed by atoms with Crippen molar-refractivity contribution in [3.8, 4) is 17.6 Å². The van der Waals surface area contributed by atoms with Gasteiger partial charge in [-0.15, -0.1) is 0 Å². The van der Waals surface area contributed by atoms with Crippen molar-refractivity contribution in [2.75, 3.05) is 6.61 Å². The first-order valence-electron chi connectivity index (χ1n) is 6.76. The molecular formula is C18H17FO2. The molecule has 108 valence electrons. The van der Waals surface area contributed by atoms with Gasteiger partial charge in [0.25, 0.3) is 0 Å². The Morgan fingerprint density at radius 3 is 2.81 bits per heavy atom. The first kappa shape index (κ1) is 15.1. The number of hydrogen-bond acceptors (Lipinski definition) is 2. The number of halogens is 1. The lowest BCUT2D eigenvalue weighted by molar-refractivity contribution is 0.304. The lowest BCUT2D eigenvalue weighted by Gasteiger charge is -2.09. The van der Waals surface area contributed by atoms with Crippen LogP contribution < -0.4 is 4.74 Å². The van der Waals surface area contributed by atoms with Crippen molar-refractivity contribution in [2.24, 2.45) is 0 Å². The molecule has 0 aromatic heterocycles. The molecule has 2 aromatic rings. The first-order chi connectivity index (χ1) is 10.2. The SMILES string of the molecule is Cc1cccc(COc2ccc(F)cc2C#CCCO)c1. The van der Waals surface area contributed by atoms with Gasteiger partial charge in [-0.25, -0.2) is 4.39 Å². The molecule has 21 heavy (non-hydrogen) atoms. The zero-order valence-corrected chi connectivity index (χ0v) is 11.9. The van der Waals surface area contributed by atoms with E-state index in [4.69, 9.17) is 9.84 Å². The predicted molar refractivity (Wildman–Crippen MR) is 80.5 cm³/mol. The van der Waals surface area contributed by atoms with Crippen molar-refractivity contribution in [1.29, 1.82) is 0 Å². The Morgan fingerprint density at radius 1 is 1.19 bits per heavy atom. The van der Waals surface area contributed by atoms with E-state index >= 15 is 0 Å². The molecule has 0 unspecified atom stereocenters. The molecule has 0 aliphatic rings. The Labute approximate surface area is 124 Å². The molecule has 0 saturated heterocycles. The monoisotopic (exact) mass is 284 g/mol. The highest BCUT2D eigenvalue weighted by Gasteiger charge is 2.04. The second-order valence-corrected chi connectivity index (χ2v) is 4.69. The van der Waals surface area contributed by atoms with Crippen LogP contribution in [0.3, 0.4) is 0 Å². The summed E-state index contributed by atoms with van der Waals surface area (Å²) >= 11 is 0. The van der Waals surface area contributed by atoms with Crippen LogP contribution in [0.1, 0.15) is 23.1 Å². The van der Waals surface area contributed by atoms with Gasteiger partial charge in [0.05, 0.1) is 12.2 Å². The normalized spacial score (nSPS) is 9.86. The molecule has 0 heterocycles. The van der Waals surface area contributed by atoms with Gasteiger partial charge >= 0.3 is 0 Å². The maximum atomic E-state index is 13.3. The molecule has 1 N–H and O–H groups in total. The second-order valence-electron chi connectivity index (χ2n) is 4.69. The fraction of sp³-hybridized carbons (Fsp3) is 0.222. The van der Waals surface area contributed by atoms with Gasteiger partial charge in [-0.1, -0.05) is 41.7 Å². The smallest absolute Gasteiger partial charge is 0.135 e. The Bertz CT molecular complexity index is 668. The van der Waals surface area contributed by atoms with Crippen LogP contribution >= 0.6 is 0 Å². The fourth-order valence-electron chi connectivity index (χ4n) is 1.90. The van der Waals surface area contributed by atoms with E-state index in [1.54, 1.807) is 6.07 Å². The van der Waals surface area contributed by atoms with Crippen LogP contribution in [0.2, 0.25) is 0 Å². The molecule has 0 aliphatic carbocycles. The summed E-state index contributed by atoms with van der Waals surface area (Å²) in [5.74, 6) is 5.80. The molecular weight excluding hydrogens is 267 g/mol. The van der Waals surface area contributed by atoms with Crippen molar-refractivity contribution in [1.82, 2.24) is 0 Å². The largest absolute Gasteiger partial charge is 0.488 e. The Morgan fingerprint density at radius 2 is 2.05 bits per heavy atom. The van der Waals surface area contributed by atoms with Crippen LogP contribution in [0.4, 0.5) is 4.39 Å². The van der Waals surface area contributed by atoms with Crippen molar-refractivity contribution in [3.63, 3.8) is 0 Å². The predicted octanol–water partition coefficient (Wildman–Crippen LogP) is 3.45. The van der Waals surface area contributed by atoms with Crippen LogP contribution in [0, 0.1) is 24.6 Å². The lowest BCUT2D eigenvalue weighted by Crippen LogP contribution is -1.98. The average molecular weight is 284 g/mol. The van der Waals surface area contributed by atoms with Crippen LogP contribution in [-0.4, -0.2) is 11.7 Å². The zero-order valence-electron chi connectivity index (χ0n) is 11.9. The molecule has 2 nitrogen and oxygen atoms in total. The Balaban J connectivity index is 2.14. The summed E-state index contributed by atoms with van der Waals surface area (Å²) in [6.07, 6.45) is 0.355. The van der Waals surface area contributed by atoms with Gasteiger partial charge in [0, 0.05) is 6.42 Å². The van der Waals surface area contributed by atoms with E-state index < -0.39 is 0 Å². The molecule has 2 rings (SSSR count). The highest BCUT2D eigenvalue weighted by Crippen LogP contribution is 2.20. The minimum absolute atomic E-state index is 0.0121. The molecule has 0 aliphatic heterocycles. The number of benzene rings is 2. The maximum absolute atomic E-state index is 13.3. The molecule has 0 amide bonds. The second kappa shape index (κ2) is 7.47. The number of hydrogen-bond donors (Lipinski definition) is 1. The van der Waals surface area contributed by atoms with Crippen LogP contribution in [0.5, 0.6) is 5.75 Å². The Kier molecular flexibility index (Phi) is 5.36. The fourth-order valence-corrected chi connectivity index (χ4v) is 1.90. The van der Waals surface area contributed by atoms with Crippen molar-refractivity contribution >= 4 is 0 Å². The standard InChI is InChI=1S/C18H17FO2/c1-14-5-4-6-15(11-14)13-21-18-9-8-17(19)12-16(18)7-2-3-10-20/h4-6,8-9,11-12,20H,3,10,13H2,1H3. The molecule has 0 atom stereocenters. The van der Waals surface area contributed by atoms with E-state index in [1.807, 2.05) is 31.2 Å². The first-order valence-corrected chi connectivity index (χ1v) is 6.76. The van der Waals surface area contributed by atoms with E-state index in [9.17, 15) is 4.39 Å². The number of aliphatic hydroxyl groups excluding tert-OH is 1. The molecule has 3 heteroatoms. The van der Waals surface area contributed by atoms with Crippen molar-refractivity contribution < 1.29 is 14.2 Å². The van der Waals surface area contributed by atoms with Gasteiger partial charge < -0.3 is 9.84 Å². The third-order valence-corrected chi connectivity index (χ3v) is 2.88. The van der Waals surface area contributed by atoms with E-state index in [1.165, 1.54) is 12.1 Å². The Hall–Kier alpha value is -2.31. The van der Waals surface area contributed by atoms with Gasteiger partial charge in [-0.2, -0.15) is 0 Å². The van der Waals surface area contributed by atoms with Crippen LogP contribution in [0.25, 0.3) is 0 Å². The van der Waals surface area contributed by atoms with Crippen molar-refractivity contribution in [2.45, 2.75) is 20.0 Å². The minimum Gasteiger partial charge on any atom is -0.488 e. The zero-order chi connectivity index (χ0) is 15.1. The van der Waals surface area contributed by atoms with Gasteiger partial charge in [0.15, 0.2) is 0 Å². The lowest BCUT2D eigenvalue weighted by atomic mass is 10.1. The molecule has 0 radical (unpaired) electrons. The van der Waals surface area contributed by atoms with E-state index in [0.29, 0.717) is 24.3 Å². The molecule has 0 spiro atoms. The summed E-state index contributed by atoms with van der Waals surface area (Å²) in [5, 5.41) is 8.74. The van der Waals surface area contributed by atoms with Crippen LogP contribution in [-0.2, 0) is 6.61 Å². The number of aryl methyl sites for hydroxylation is 1. The number of ether oxygens (including phenoxy) is 1. The van der Waals surface area contributed by atoms with Crippen LogP contribution in [0.15, 0.2) is 42.5 Å². The van der Waals surface area contributed by atoms with Gasteiger partial charge in [0.1, 0.15) is 18.2 Å². The van der Waals surface area contributed by atoms with E-state index in [0.717, 1.165) is 11.1 Å². The summed E-state index contributed by atoms with van der Waals surface area (Å²) < 4.78 is 19.0. The summed E-state index contributed by atoms with van der Waals surface area (Å²) in [6, 6.07) is 12.3.